The summed E-state index contributed by atoms with van der Waals surface area (Å²) in [7, 11) is 0. The highest BCUT2D eigenvalue weighted by Crippen LogP contribution is 2.21. The van der Waals surface area contributed by atoms with Crippen molar-refractivity contribution in [3.05, 3.63) is 29.6 Å². The number of rotatable bonds is 8. The Kier molecular flexibility index (Phi) is 7.00. The van der Waals surface area contributed by atoms with Gasteiger partial charge in [0, 0.05) is 18.8 Å². The minimum Gasteiger partial charge on any atom is -0.392 e. The van der Waals surface area contributed by atoms with Gasteiger partial charge in [-0.25, -0.2) is 4.39 Å². The van der Waals surface area contributed by atoms with Crippen LogP contribution in [0.1, 0.15) is 46.1 Å². The lowest BCUT2D eigenvalue weighted by molar-refractivity contribution is 0.281. The van der Waals surface area contributed by atoms with Crippen molar-refractivity contribution in [1.29, 1.82) is 0 Å². The molecule has 0 bridgehead atoms. The Morgan fingerprint density at radius 2 is 1.55 bits per heavy atom. The molecule has 0 heterocycles. The van der Waals surface area contributed by atoms with Crippen molar-refractivity contribution in [2.24, 2.45) is 11.8 Å². The highest BCUT2D eigenvalue weighted by atomic mass is 19.1. The number of hydrogen-bond acceptors (Lipinski definition) is 2. The maximum atomic E-state index is 13.6. The molecule has 0 unspecified atom stereocenters. The molecule has 1 N–H and O–H groups in total. The largest absolute Gasteiger partial charge is 0.392 e. The highest BCUT2D eigenvalue weighted by molar-refractivity contribution is 5.49. The minimum atomic E-state index is -0.273. The van der Waals surface area contributed by atoms with Gasteiger partial charge < -0.3 is 10.0 Å². The van der Waals surface area contributed by atoms with Crippen LogP contribution >= 0.6 is 0 Å². The predicted molar refractivity (Wildman–Crippen MR) is 83.4 cm³/mol. The second kappa shape index (κ2) is 8.25. The summed E-state index contributed by atoms with van der Waals surface area (Å²) in [5, 5.41) is 9.22. The molecular formula is C17H28FNO. The van der Waals surface area contributed by atoms with Gasteiger partial charge in [0.2, 0.25) is 0 Å². The summed E-state index contributed by atoms with van der Waals surface area (Å²) in [6.45, 7) is 10.5. The van der Waals surface area contributed by atoms with Gasteiger partial charge in [-0.1, -0.05) is 27.7 Å². The van der Waals surface area contributed by atoms with E-state index in [0.717, 1.165) is 31.6 Å². The number of hydrogen-bond donors (Lipinski definition) is 1. The monoisotopic (exact) mass is 281 g/mol. The number of halogens is 1. The smallest absolute Gasteiger partial charge is 0.125 e. The highest BCUT2D eigenvalue weighted by Gasteiger charge is 2.11. The topological polar surface area (TPSA) is 23.5 Å². The average Bonchev–Trinajstić information content (AvgIpc) is 2.37. The van der Waals surface area contributed by atoms with Gasteiger partial charge in [0.05, 0.1) is 6.61 Å². The average molecular weight is 281 g/mol. The first-order chi connectivity index (χ1) is 9.42. The van der Waals surface area contributed by atoms with Gasteiger partial charge in [-0.2, -0.15) is 0 Å². The SMILES string of the molecule is CC(C)CCN(CCC(C)C)c1cc(F)cc(CO)c1. The Morgan fingerprint density at radius 1 is 1.00 bits per heavy atom. The summed E-state index contributed by atoms with van der Waals surface area (Å²) in [6.07, 6.45) is 2.17. The van der Waals surface area contributed by atoms with Crippen molar-refractivity contribution < 1.29 is 9.50 Å². The van der Waals surface area contributed by atoms with Gasteiger partial charge in [-0.3, -0.25) is 0 Å². The molecule has 0 atom stereocenters. The molecule has 3 heteroatoms. The molecule has 2 nitrogen and oxygen atoms in total. The van der Waals surface area contributed by atoms with E-state index in [2.05, 4.69) is 32.6 Å². The standard InChI is InChI=1S/C17H28FNO/c1-13(2)5-7-19(8-6-14(3)4)17-10-15(12-20)9-16(18)11-17/h9-11,13-14,20H,5-8,12H2,1-4H3. The zero-order valence-corrected chi connectivity index (χ0v) is 13.2. The second-order valence-corrected chi connectivity index (χ2v) is 6.33. The normalized spacial score (nSPS) is 11.4. The van der Waals surface area contributed by atoms with Crippen LogP contribution < -0.4 is 4.90 Å². The molecule has 0 radical (unpaired) electrons. The predicted octanol–water partition coefficient (Wildman–Crippen LogP) is 4.22. The summed E-state index contributed by atoms with van der Waals surface area (Å²) in [4.78, 5) is 2.24. The molecule has 0 saturated carbocycles. The summed E-state index contributed by atoms with van der Waals surface area (Å²) < 4.78 is 13.6. The third-order valence-electron chi connectivity index (χ3n) is 3.44. The maximum Gasteiger partial charge on any atom is 0.125 e. The van der Waals surface area contributed by atoms with Crippen LogP contribution in [0, 0.1) is 17.7 Å². The van der Waals surface area contributed by atoms with Crippen LogP contribution in [0.15, 0.2) is 18.2 Å². The Hall–Kier alpha value is -1.09. The van der Waals surface area contributed by atoms with Gasteiger partial charge in [0.25, 0.3) is 0 Å². The lowest BCUT2D eigenvalue weighted by Gasteiger charge is -2.27. The summed E-state index contributed by atoms with van der Waals surface area (Å²) in [5.74, 6) is 0.982. The number of aliphatic hydroxyl groups excluding tert-OH is 1. The number of benzene rings is 1. The molecule has 0 fully saturated rings. The van der Waals surface area contributed by atoms with Crippen LogP contribution in [-0.2, 0) is 6.61 Å². The summed E-state index contributed by atoms with van der Waals surface area (Å²) >= 11 is 0. The van der Waals surface area contributed by atoms with Crippen LogP contribution in [0.2, 0.25) is 0 Å². The van der Waals surface area contributed by atoms with Crippen molar-refractivity contribution in [3.8, 4) is 0 Å². The number of anilines is 1. The van der Waals surface area contributed by atoms with E-state index in [-0.39, 0.29) is 12.4 Å². The maximum absolute atomic E-state index is 13.6. The first-order valence-corrected chi connectivity index (χ1v) is 7.57. The molecular weight excluding hydrogens is 253 g/mol. The fourth-order valence-corrected chi connectivity index (χ4v) is 2.11. The molecule has 0 aliphatic carbocycles. The molecule has 20 heavy (non-hydrogen) atoms. The van der Waals surface area contributed by atoms with Crippen molar-refractivity contribution in [2.75, 3.05) is 18.0 Å². The molecule has 0 aliphatic rings. The van der Waals surface area contributed by atoms with Crippen LogP contribution in [-0.4, -0.2) is 18.2 Å². The fraction of sp³-hybridized carbons (Fsp3) is 0.647. The first kappa shape index (κ1) is 17.0. The molecule has 0 spiro atoms. The van der Waals surface area contributed by atoms with Crippen LogP contribution in [0.5, 0.6) is 0 Å². The molecule has 114 valence electrons. The van der Waals surface area contributed by atoms with Gasteiger partial charge in [-0.05, 0) is 48.4 Å². The van der Waals surface area contributed by atoms with E-state index in [1.807, 2.05) is 6.07 Å². The van der Waals surface area contributed by atoms with E-state index < -0.39 is 0 Å². The Bertz CT molecular complexity index is 392. The van der Waals surface area contributed by atoms with Crippen LogP contribution in [0.25, 0.3) is 0 Å². The van der Waals surface area contributed by atoms with E-state index in [4.69, 9.17) is 0 Å². The van der Waals surface area contributed by atoms with E-state index in [0.29, 0.717) is 17.4 Å². The molecule has 1 aromatic rings. The molecule has 0 amide bonds. The molecule has 0 aliphatic heterocycles. The first-order valence-electron chi connectivity index (χ1n) is 7.57. The Labute approximate surface area is 122 Å². The third kappa shape index (κ3) is 5.91. The quantitative estimate of drug-likeness (QED) is 0.771. The molecule has 0 aromatic heterocycles. The number of nitrogens with zero attached hydrogens (tertiary/aromatic N) is 1. The second-order valence-electron chi connectivity index (χ2n) is 6.33. The Balaban J connectivity index is 2.86. The lowest BCUT2D eigenvalue weighted by atomic mass is 10.1. The van der Waals surface area contributed by atoms with Gasteiger partial charge in [0.1, 0.15) is 5.82 Å². The summed E-state index contributed by atoms with van der Waals surface area (Å²) in [5.41, 5.74) is 1.52. The minimum absolute atomic E-state index is 0.118. The Morgan fingerprint density at radius 3 is 2.00 bits per heavy atom. The summed E-state index contributed by atoms with van der Waals surface area (Å²) in [6, 6.07) is 4.86. The van der Waals surface area contributed by atoms with E-state index >= 15 is 0 Å². The third-order valence-corrected chi connectivity index (χ3v) is 3.44. The van der Waals surface area contributed by atoms with Gasteiger partial charge in [0.15, 0.2) is 0 Å². The van der Waals surface area contributed by atoms with Crippen LogP contribution in [0.4, 0.5) is 10.1 Å². The van der Waals surface area contributed by atoms with Gasteiger partial charge >= 0.3 is 0 Å². The fourth-order valence-electron chi connectivity index (χ4n) is 2.11. The molecule has 1 aromatic carbocycles. The van der Waals surface area contributed by atoms with E-state index in [9.17, 15) is 9.50 Å². The van der Waals surface area contributed by atoms with E-state index in [1.54, 1.807) is 6.07 Å². The number of aliphatic hydroxyl groups is 1. The molecule has 0 saturated heterocycles. The molecule has 1 rings (SSSR count). The van der Waals surface area contributed by atoms with E-state index in [1.165, 1.54) is 6.07 Å². The van der Waals surface area contributed by atoms with Crippen LogP contribution in [0.3, 0.4) is 0 Å². The zero-order chi connectivity index (χ0) is 15.1. The van der Waals surface area contributed by atoms with Crippen molar-refractivity contribution in [1.82, 2.24) is 0 Å². The van der Waals surface area contributed by atoms with Crippen molar-refractivity contribution in [2.45, 2.75) is 47.1 Å². The zero-order valence-electron chi connectivity index (χ0n) is 13.2. The lowest BCUT2D eigenvalue weighted by Crippen LogP contribution is -2.27. The van der Waals surface area contributed by atoms with Crippen molar-refractivity contribution in [3.63, 3.8) is 0 Å². The van der Waals surface area contributed by atoms with Gasteiger partial charge in [-0.15, -0.1) is 0 Å². The van der Waals surface area contributed by atoms with Crippen molar-refractivity contribution >= 4 is 5.69 Å².